The summed E-state index contributed by atoms with van der Waals surface area (Å²) in [6, 6.07) is 0.152. The summed E-state index contributed by atoms with van der Waals surface area (Å²) < 4.78 is 11.2. The summed E-state index contributed by atoms with van der Waals surface area (Å²) in [5.41, 5.74) is -0.600. The van der Waals surface area contributed by atoms with Gasteiger partial charge in [0.15, 0.2) is 0 Å². The Morgan fingerprint density at radius 2 is 1.78 bits per heavy atom. The number of ether oxygens (including phenoxy) is 2. The van der Waals surface area contributed by atoms with Crippen LogP contribution in [0.25, 0.3) is 0 Å². The molecular formula is C14H27NO3. The Morgan fingerprint density at radius 1 is 1.17 bits per heavy atom. The fourth-order valence-corrected chi connectivity index (χ4v) is 1.92. The quantitative estimate of drug-likeness (QED) is 0.762. The molecule has 0 unspecified atom stereocenters. The smallest absolute Gasteiger partial charge is 0.410 e. The van der Waals surface area contributed by atoms with Crippen LogP contribution in [0.15, 0.2) is 0 Å². The molecule has 0 radical (unpaired) electrons. The second-order valence-corrected chi connectivity index (χ2v) is 6.89. The van der Waals surface area contributed by atoms with Crippen molar-refractivity contribution in [3.05, 3.63) is 0 Å². The summed E-state index contributed by atoms with van der Waals surface area (Å²) in [6.45, 7) is 13.1. The van der Waals surface area contributed by atoms with Crippen LogP contribution in [0.5, 0.6) is 0 Å². The molecule has 4 heteroatoms. The largest absolute Gasteiger partial charge is 0.444 e. The van der Waals surface area contributed by atoms with Gasteiger partial charge in [0.25, 0.3) is 0 Å². The van der Waals surface area contributed by atoms with Crippen molar-refractivity contribution in [3.63, 3.8) is 0 Å². The summed E-state index contributed by atoms with van der Waals surface area (Å²) in [5, 5.41) is 0. The van der Waals surface area contributed by atoms with Gasteiger partial charge in [0.1, 0.15) is 5.60 Å². The van der Waals surface area contributed by atoms with Gasteiger partial charge in [-0.05, 0) is 54.4 Å². The fourth-order valence-electron chi connectivity index (χ4n) is 1.92. The second-order valence-electron chi connectivity index (χ2n) is 6.89. The van der Waals surface area contributed by atoms with E-state index in [1.807, 2.05) is 41.5 Å². The highest BCUT2D eigenvalue weighted by atomic mass is 16.6. The van der Waals surface area contributed by atoms with E-state index in [1.165, 1.54) is 0 Å². The topological polar surface area (TPSA) is 38.8 Å². The summed E-state index contributed by atoms with van der Waals surface area (Å²) in [4.78, 5) is 13.8. The molecule has 1 heterocycles. The Kier molecular flexibility index (Phi) is 4.65. The first-order valence-corrected chi connectivity index (χ1v) is 6.72. The summed E-state index contributed by atoms with van der Waals surface area (Å²) in [6.07, 6.45) is 1.80. The Hall–Kier alpha value is -0.770. The molecule has 1 fully saturated rings. The van der Waals surface area contributed by atoms with Crippen molar-refractivity contribution in [2.24, 2.45) is 0 Å². The van der Waals surface area contributed by atoms with Crippen LogP contribution < -0.4 is 0 Å². The summed E-state index contributed by atoms with van der Waals surface area (Å²) in [5.74, 6) is 0. The summed E-state index contributed by atoms with van der Waals surface area (Å²) in [7, 11) is 0. The normalized spacial score (nSPS) is 21.2. The van der Waals surface area contributed by atoms with Crippen LogP contribution in [0.1, 0.15) is 54.4 Å². The lowest BCUT2D eigenvalue weighted by Gasteiger charge is -2.30. The van der Waals surface area contributed by atoms with Crippen LogP contribution in [-0.2, 0) is 9.47 Å². The number of amides is 1. The van der Waals surface area contributed by atoms with E-state index < -0.39 is 5.60 Å². The van der Waals surface area contributed by atoms with Gasteiger partial charge in [0.2, 0.25) is 0 Å². The molecule has 1 aliphatic heterocycles. The average molecular weight is 257 g/mol. The van der Waals surface area contributed by atoms with Crippen molar-refractivity contribution in [1.82, 2.24) is 4.90 Å². The maximum Gasteiger partial charge on any atom is 0.410 e. The first-order chi connectivity index (χ1) is 8.08. The molecule has 1 rings (SSSR count). The number of nitrogens with zero attached hydrogens (tertiary/aromatic N) is 1. The monoisotopic (exact) mass is 257 g/mol. The zero-order valence-corrected chi connectivity index (χ0v) is 12.6. The SMILES string of the molecule is CC(C)(C)OC[C@@H]1CCCN1C(=O)OC(C)(C)C. The predicted molar refractivity (Wildman–Crippen MR) is 71.7 cm³/mol. The van der Waals surface area contributed by atoms with Gasteiger partial charge in [-0.15, -0.1) is 0 Å². The van der Waals surface area contributed by atoms with E-state index >= 15 is 0 Å². The molecule has 1 atom stereocenters. The predicted octanol–water partition coefficient (Wildman–Crippen LogP) is 3.20. The first kappa shape index (κ1) is 15.3. The first-order valence-electron chi connectivity index (χ1n) is 6.72. The number of rotatable bonds is 2. The number of carbonyl (C=O) groups is 1. The standard InChI is InChI=1S/C14H27NO3/c1-13(2,3)17-10-11-8-7-9-15(11)12(16)18-14(4,5)6/h11H,7-10H2,1-6H3/t11-/m0/s1. The third-order valence-corrected chi connectivity index (χ3v) is 2.71. The van der Waals surface area contributed by atoms with E-state index in [1.54, 1.807) is 4.90 Å². The number of hydrogen-bond donors (Lipinski definition) is 0. The zero-order chi connectivity index (χ0) is 14.0. The Labute approximate surface area is 111 Å². The molecule has 0 aromatic heterocycles. The van der Waals surface area contributed by atoms with Crippen molar-refractivity contribution >= 4 is 6.09 Å². The van der Waals surface area contributed by atoms with Gasteiger partial charge < -0.3 is 14.4 Å². The number of hydrogen-bond acceptors (Lipinski definition) is 3. The Morgan fingerprint density at radius 3 is 2.28 bits per heavy atom. The number of likely N-dealkylation sites (tertiary alicyclic amines) is 1. The van der Waals surface area contributed by atoms with E-state index in [-0.39, 0.29) is 17.7 Å². The fraction of sp³-hybridized carbons (Fsp3) is 0.929. The molecule has 0 saturated carbocycles. The Bertz CT molecular complexity index is 288. The molecule has 0 bridgehead atoms. The van der Waals surface area contributed by atoms with Gasteiger partial charge in [0.05, 0.1) is 18.2 Å². The van der Waals surface area contributed by atoms with Crippen molar-refractivity contribution in [2.75, 3.05) is 13.2 Å². The van der Waals surface area contributed by atoms with Crippen LogP contribution in [0.3, 0.4) is 0 Å². The molecule has 1 saturated heterocycles. The van der Waals surface area contributed by atoms with Crippen LogP contribution >= 0.6 is 0 Å². The molecule has 0 spiro atoms. The van der Waals surface area contributed by atoms with Gasteiger partial charge >= 0.3 is 6.09 Å². The molecular weight excluding hydrogens is 230 g/mol. The van der Waals surface area contributed by atoms with Gasteiger partial charge in [-0.25, -0.2) is 4.79 Å². The molecule has 0 aliphatic carbocycles. The molecule has 1 aliphatic rings. The zero-order valence-electron chi connectivity index (χ0n) is 12.6. The van der Waals surface area contributed by atoms with E-state index in [4.69, 9.17) is 9.47 Å². The van der Waals surface area contributed by atoms with E-state index in [2.05, 4.69) is 0 Å². The second kappa shape index (κ2) is 5.47. The molecule has 0 N–H and O–H groups in total. The minimum atomic E-state index is -0.435. The van der Waals surface area contributed by atoms with Gasteiger partial charge in [-0.2, -0.15) is 0 Å². The average Bonchev–Trinajstić information content (AvgIpc) is 2.58. The van der Waals surface area contributed by atoms with Crippen LogP contribution in [0.2, 0.25) is 0 Å². The Balaban J connectivity index is 2.51. The van der Waals surface area contributed by atoms with Gasteiger partial charge in [-0.1, -0.05) is 0 Å². The van der Waals surface area contributed by atoms with Crippen molar-refractivity contribution < 1.29 is 14.3 Å². The van der Waals surface area contributed by atoms with E-state index in [0.717, 1.165) is 19.4 Å². The van der Waals surface area contributed by atoms with Gasteiger partial charge in [0, 0.05) is 6.54 Å². The van der Waals surface area contributed by atoms with Gasteiger partial charge in [-0.3, -0.25) is 0 Å². The highest BCUT2D eigenvalue weighted by Gasteiger charge is 2.32. The van der Waals surface area contributed by atoms with E-state index in [9.17, 15) is 4.79 Å². The minimum absolute atomic E-state index is 0.152. The van der Waals surface area contributed by atoms with Crippen molar-refractivity contribution in [3.8, 4) is 0 Å². The molecule has 18 heavy (non-hydrogen) atoms. The van der Waals surface area contributed by atoms with E-state index in [0.29, 0.717) is 6.61 Å². The lowest BCUT2D eigenvalue weighted by molar-refractivity contribution is -0.0348. The van der Waals surface area contributed by atoms with Crippen molar-refractivity contribution in [2.45, 2.75) is 71.6 Å². The molecule has 4 nitrogen and oxygen atoms in total. The number of carbonyl (C=O) groups excluding carboxylic acids is 1. The molecule has 0 aromatic carbocycles. The maximum absolute atomic E-state index is 12.0. The van der Waals surface area contributed by atoms with Crippen LogP contribution in [0, 0.1) is 0 Å². The highest BCUT2D eigenvalue weighted by Crippen LogP contribution is 2.22. The lowest BCUT2D eigenvalue weighted by Crippen LogP contribution is -2.42. The highest BCUT2D eigenvalue weighted by molar-refractivity contribution is 5.68. The third-order valence-electron chi connectivity index (χ3n) is 2.71. The van der Waals surface area contributed by atoms with Crippen LogP contribution in [0.4, 0.5) is 4.79 Å². The third kappa shape index (κ3) is 5.25. The van der Waals surface area contributed by atoms with Crippen molar-refractivity contribution in [1.29, 1.82) is 0 Å². The molecule has 0 aromatic rings. The van der Waals surface area contributed by atoms with Crippen LogP contribution in [-0.4, -0.2) is 41.4 Å². The summed E-state index contributed by atoms with van der Waals surface area (Å²) >= 11 is 0. The minimum Gasteiger partial charge on any atom is -0.444 e. The molecule has 106 valence electrons. The maximum atomic E-state index is 12.0. The lowest BCUT2D eigenvalue weighted by atomic mass is 10.2. The molecule has 1 amide bonds.